The molecule has 0 atom stereocenters. The first-order valence-corrected chi connectivity index (χ1v) is 6.45. The Bertz CT molecular complexity index is 817. The number of aromatic amines is 1. The molecule has 0 spiro atoms. The van der Waals surface area contributed by atoms with Crippen molar-refractivity contribution in [1.29, 1.82) is 0 Å². The third-order valence-corrected chi connectivity index (χ3v) is 3.51. The predicted molar refractivity (Wildman–Crippen MR) is 77.6 cm³/mol. The van der Waals surface area contributed by atoms with E-state index < -0.39 is 0 Å². The number of carbonyl (C=O) groups is 1. The lowest BCUT2D eigenvalue weighted by Gasteiger charge is -2.04. The largest absolute Gasteiger partial charge is 0.360 e. The van der Waals surface area contributed by atoms with Crippen LogP contribution >= 0.6 is 0 Å². The lowest BCUT2D eigenvalue weighted by atomic mass is 9.98. The summed E-state index contributed by atoms with van der Waals surface area (Å²) in [4.78, 5) is 15.7. The molecule has 3 aromatic rings. The van der Waals surface area contributed by atoms with Crippen LogP contribution in [0, 0.1) is 19.7 Å². The first kappa shape index (κ1) is 12.6. The van der Waals surface area contributed by atoms with Crippen LogP contribution in [0.4, 0.5) is 4.39 Å². The van der Waals surface area contributed by atoms with Crippen molar-refractivity contribution in [3.63, 3.8) is 0 Å². The molecule has 0 saturated heterocycles. The molecule has 2 aromatic carbocycles. The molecule has 0 unspecified atom stereocenters. The number of fused-ring (bicyclic) bond motifs is 1. The second-order valence-corrected chi connectivity index (χ2v) is 5.04. The zero-order chi connectivity index (χ0) is 14.3. The van der Waals surface area contributed by atoms with Gasteiger partial charge in [0.25, 0.3) is 0 Å². The van der Waals surface area contributed by atoms with Gasteiger partial charge in [-0.3, -0.25) is 4.79 Å². The van der Waals surface area contributed by atoms with Crippen LogP contribution in [0.15, 0.2) is 42.6 Å². The van der Waals surface area contributed by atoms with Gasteiger partial charge in [-0.15, -0.1) is 0 Å². The Balaban J connectivity index is 2.15. The highest BCUT2D eigenvalue weighted by atomic mass is 19.1. The molecule has 0 radical (unpaired) electrons. The SMILES string of the molecule is Cc1ccc2[nH]cc(C(=O)c3ccc(F)cc3C)c2c1. The van der Waals surface area contributed by atoms with Crippen molar-refractivity contribution >= 4 is 16.7 Å². The van der Waals surface area contributed by atoms with Gasteiger partial charge in [-0.2, -0.15) is 0 Å². The van der Waals surface area contributed by atoms with Crippen LogP contribution < -0.4 is 0 Å². The van der Waals surface area contributed by atoms with Crippen molar-refractivity contribution in [2.75, 3.05) is 0 Å². The minimum atomic E-state index is -0.325. The Morgan fingerprint density at radius 2 is 1.85 bits per heavy atom. The van der Waals surface area contributed by atoms with Crippen molar-refractivity contribution < 1.29 is 9.18 Å². The van der Waals surface area contributed by atoms with Gasteiger partial charge in [0.1, 0.15) is 5.82 Å². The molecule has 20 heavy (non-hydrogen) atoms. The average Bonchev–Trinajstić information content (AvgIpc) is 2.81. The van der Waals surface area contributed by atoms with Crippen molar-refractivity contribution in [2.45, 2.75) is 13.8 Å². The maximum atomic E-state index is 13.1. The summed E-state index contributed by atoms with van der Waals surface area (Å²) in [5.74, 6) is -0.409. The minimum Gasteiger partial charge on any atom is -0.360 e. The van der Waals surface area contributed by atoms with Crippen LogP contribution in [0.25, 0.3) is 10.9 Å². The Hall–Kier alpha value is -2.42. The quantitative estimate of drug-likeness (QED) is 0.695. The zero-order valence-corrected chi connectivity index (χ0v) is 11.3. The van der Waals surface area contributed by atoms with Crippen molar-refractivity contribution in [3.05, 3.63) is 70.7 Å². The van der Waals surface area contributed by atoms with Gasteiger partial charge in [0.15, 0.2) is 5.78 Å². The molecule has 0 fully saturated rings. The summed E-state index contributed by atoms with van der Waals surface area (Å²) in [7, 11) is 0. The Morgan fingerprint density at radius 3 is 2.60 bits per heavy atom. The highest BCUT2D eigenvalue weighted by Gasteiger charge is 2.16. The molecule has 100 valence electrons. The minimum absolute atomic E-state index is 0.0839. The highest BCUT2D eigenvalue weighted by Crippen LogP contribution is 2.23. The number of halogens is 1. The van der Waals surface area contributed by atoms with Crippen LogP contribution in [0.1, 0.15) is 27.0 Å². The number of aromatic nitrogens is 1. The van der Waals surface area contributed by atoms with E-state index in [0.717, 1.165) is 16.5 Å². The molecule has 3 heteroatoms. The first-order valence-electron chi connectivity index (χ1n) is 6.45. The summed E-state index contributed by atoms with van der Waals surface area (Å²) in [6, 6.07) is 10.2. The van der Waals surface area contributed by atoms with Gasteiger partial charge >= 0.3 is 0 Å². The molecule has 1 heterocycles. The van der Waals surface area contributed by atoms with Gasteiger partial charge in [-0.1, -0.05) is 11.6 Å². The number of hydrogen-bond donors (Lipinski definition) is 1. The second kappa shape index (κ2) is 4.60. The summed E-state index contributed by atoms with van der Waals surface area (Å²) >= 11 is 0. The van der Waals surface area contributed by atoms with Gasteiger partial charge in [0.2, 0.25) is 0 Å². The van der Waals surface area contributed by atoms with Crippen molar-refractivity contribution in [3.8, 4) is 0 Å². The molecule has 0 aliphatic rings. The molecule has 0 aliphatic carbocycles. The number of nitrogens with one attached hydrogen (secondary N) is 1. The lowest BCUT2D eigenvalue weighted by Crippen LogP contribution is -2.03. The number of hydrogen-bond acceptors (Lipinski definition) is 1. The fourth-order valence-corrected chi connectivity index (χ4v) is 2.45. The number of ketones is 1. The predicted octanol–water partition coefficient (Wildman–Crippen LogP) is 4.15. The number of H-pyrrole nitrogens is 1. The molecular formula is C17H14FNO. The number of benzene rings is 2. The Morgan fingerprint density at radius 1 is 1.05 bits per heavy atom. The van der Waals surface area contributed by atoms with Crippen LogP contribution in [0.5, 0.6) is 0 Å². The van der Waals surface area contributed by atoms with Gasteiger partial charge in [-0.05, 0) is 49.7 Å². The van der Waals surface area contributed by atoms with Crippen LogP contribution in [0.2, 0.25) is 0 Å². The van der Waals surface area contributed by atoms with E-state index in [9.17, 15) is 9.18 Å². The topological polar surface area (TPSA) is 32.9 Å². The average molecular weight is 267 g/mol. The van der Waals surface area contributed by atoms with Gasteiger partial charge < -0.3 is 4.98 Å². The molecular weight excluding hydrogens is 253 g/mol. The molecule has 0 amide bonds. The number of rotatable bonds is 2. The van der Waals surface area contributed by atoms with E-state index in [4.69, 9.17) is 0 Å². The Labute approximate surface area is 116 Å². The van der Waals surface area contributed by atoms with Gasteiger partial charge in [0, 0.05) is 28.2 Å². The summed E-state index contributed by atoms with van der Waals surface area (Å²) in [5.41, 5.74) is 3.84. The Kier molecular flexibility index (Phi) is 2.90. The standard InChI is InChI=1S/C17H14FNO/c1-10-3-6-16-14(7-10)15(9-19-16)17(20)13-5-4-12(18)8-11(13)2/h3-9,19H,1-2H3. The van der Waals surface area contributed by atoms with Crippen molar-refractivity contribution in [1.82, 2.24) is 4.98 Å². The molecule has 2 nitrogen and oxygen atoms in total. The van der Waals surface area contributed by atoms with Crippen LogP contribution in [-0.2, 0) is 0 Å². The van der Waals surface area contributed by atoms with E-state index in [-0.39, 0.29) is 11.6 Å². The molecule has 1 N–H and O–H groups in total. The molecule has 0 aliphatic heterocycles. The van der Waals surface area contributed by atoms with E-state index in [1.165, 1.54) is 12.1 Å². The number of carbonyl (C=O) groups excluding carboxylic acids is 1. The summed E-state index contributed by atoms with van der Waals surface area (Å²) in [5, 5.41) is 0.902. The maximum Gasteiger partial charge on any atom is 0.195 e. The molecule has 0 saturated carbocycles. The summed E-state index contributed by atoms with van der Waals surface area (Å²) in [6.07, 6.45) is 1.72. The maximum absolute atomic E-state index is 13.1. The summed E-state index contributed by atoms with van der Waals surface area (Å²) < 4.78 is 13.1. The highest BCUT2D eigenvalue weighted by molar-refractivity contribution is 6.17. The summed E-state index contributed by atoms with van der Waals surface area (Å²) in [6.45, 7) is 3.74. The number of aryl methyl sites for hydroxylation is 2. The third-order valence-electron chi connectivity index (χ3n) is 3.51. The zero-order valence-electron chi connectivity index (χ0n) is 11.3. The monoisotopic (exact) mass is 267 g/mol. The first-order chi connectivity index (χ1) is 9.56. The molecule has 1 aromatic heterocycles. The van der Waals surface area contributed by atoms with E-state index in [1.807, 2.05) is 25.1 Å². The van der Waals surface area contributed by atoms with E-state index >= 15 is 0 Å². The fraction of sp³-hybridized carbons (Fsp3) is 0.118. The van der Waals surface area contributed by atoms with Gasteiger partial charge in [0.05, 0.1) is 0 Å². The van der Waals surface area contributed by atoms with Crippen molar-refractivity contribution in [2.24, 2.45) is 0 Å². The smallest absolute Gasteiger partial charge is 0.195 e. The fourth-order valence-electron chi connectivity index (χ4n) is 2.45. The molecule has 0 bridgehead atoms. The van der Waals surface area contributed by atoms with Crippen LogP contribution in [0.3, 0.4) is 0 Å². The normalized spacial score (nSPS) is 10.9. The molecule has 3 rings (SSSR count). The third kappa shape index (κ3) is 2.01. The van der Waals surface area contributed by atoms with E-state index in [1.54, 1.807) is 19.2 Å². The van der Waals surface area contributed by atoms with Gasteiger partial charge in [-0.25, -0.2) is 4.39 Å². The second-order valence-electron chi connectivity index (χ2n) is 5.04. The lowest BCUT2D eigenvalue weighted by molar-refractivity contribution is 0.103. The van der Waals surface area contributed by atoms with Crippen LogP contribution in [-0.4, -0.2) is 10.8 Å². The van der Waals surface area contributed by atoms with E-state index in [0.29, 0.717) is 16.7 Å². The van der Waals surface area contributed by atoms with E-state index in [2.05, 4.69) is 4.98 Å².